The Morgan fingerprint density at radius 1 is 1.50 bits per heavy atom. The third-order valence-corrected chi connectivity index (χ3v) is 3.37. The second-order valence-corrected chi connectivity index (χ2v) is 5.69. The van der Waals surface area contributed by atoms with E-state index in [4.69, 9.17) is 5.11 Å². The number of aliphatic hydroxyl groups excluding tert-OH is 1. The van der Waals surface area contributed by atoms with Crippen molar-refractivity contribution in [2.45, 2.75) is 25.3 Å². The number of hydrogen-bond donors (Lipinski definition) is 1. The predicted octanol–water partition coefficient (Wildman–Crippen LogP) is 3.84. The summed E-state index contributed by atoms with van der Waals surface area (Å²) >= 11 is 1.60. The smallest absolute Gasteiger partial charge is 0.0682 e. The minimum absolute atomic E-state index is 0.0757. The molecule has 0 radical (unpaired) electrons. The normalized spacial score (nSPS) is 11.2. The summed E-state index contributed by atoms with van der Waals surface area (Å²) < 4.78 is 2.02. The van der Waals surface area contributed by atoms with Gasteiger partial charge >= 0.3 is 0 Å². The van der Waals surface area contributed by atoms with Crippen LogP contribution in [-0.4, -0.2) is 16.5 Å². The summed E-state index contributed by atoms with van der Waals surface area (Å²) in [6.07, 6.45) is 4.16. The lowest BCUT2D eigenvalue weighted by molar-refractivity contribution is 0.281. The van der Waals surface area contributed by atoms with Crippen LogP contribution in [0.5, 0.6) is 0 Å². The maximum atomic E-state index is 9.10. The third kappa shape index (κ3) is 4.98. The van der Waals surface area contributed by atoms with E-state index in [1.165, 1.54) is 0 Å². The molecular weight excluding hydrogens is 242 g/mol. The Morgan fingerprint density at radius 2 is 2.22 bits per heavy atom. The molecule has 0 spiro atoms. The summed E-state index contributed by atoms with van der Waals surface area (Å²) in [6, 6.07) is 7.88. The molecule has 0 aliphatic heterocycles. The van der Waals surface area contributed by atoms with Gasteiger partial charge in [0, 0.05) is 17.6 Å². The van der Waals surface area contributed by atoms with Crippen LogP contribution in [0.3, 0.4) is 0 Å². The van der Waals surface area contributed by atoms with E-state index in [0.717, 1.165) is 16.2 Å². The number of hydrogen-bond acceptors (Lipinski definition) is 3. The van der Waals surface area contributed by atoms with Crippen molar-refractivity contribution in [2.75, 3.05) is 7.05 Å². The minimum atomic E-state index is 0.0757. The lowest BCUT2D eigenvalue weighted by atomic mass is 10.2. The zero-order valence-electron chi connectivity index (χ0n) is 11.3. The molecule has 0 unspecified atom stereocenters. The van der Waals surface area contributed by atoms with Gasteiger partial charge in [-0.3, -0.25) is 0 Å². The van der Waals surface area contributed by atoms with Crippen molar-refractivity contribution in [1.29, 1.82) is 0 Å². The summed E-state index contributed by atoms with van der Waals surface area (Å²) in [5, 5.41) is 9.10. The molecule has 0 heterocycles. The predicted molar refractivity (Wildman–Crippen MR) is 79.1 cm³/mol. The summed E-state index contributed by atoms with van der Waals surface area (Å²) in [7, 11) is 1.99. The first-order chi connectivity index (χ1) is 8.52. The molecule has 0 fully saturated rings. The average Bonchev–Trinajstić information content (AvgIpc) is 2.36. The number of likely N-dealkylation sites (N-methyl/N-ethyl adjacent to an activating group) is 1. The molecule has 1 rings (SSSR count). The highest BCUT2D eigenvalue weighted by Gasteiger charge is 2.03. The molecule has 0 aliphatic rings. The van der Waals surface area contributed by atoms with E-state index >= 15 is 0 Å². The van der Waals surface area contributed by atoms with E-state index < -0.39 is 0 Å². The fraction of sp³-hybridized carbons (Fsp3) is 0.333. The maximum absolute atomic E-state index is 9.10. The Balaban J connectivity index is 2.63. The van der Waals surface area contributed by atoms with Gasteiger partial charge in [0.15, 0.2) is 0 Å². The van der Waals surface area contributed by atoms with E-state index in [9.17, 15) is 0 Å². The molecule has 0 amide bonds. The molecule has 2 nitrogen and oxygen atoms in total. The maximum Gasteiger partial charge on any atom is 0.0682 e. The Labute approximate surface area is 114 Å². The van der Waals surface area contributed by atoms with E-state index in [1.807, 2.05) is 41.7 Å². The molecule has 1 N–H and O–H groups in total. The Bertz CT molecular complexity index is 426. The summed E-state index contributed by atoms with van der Waals surface area (Å²) in [5.41, 5.74) is 1.89. The van der Waals surface area contributed by atoms with Crippen molar-refractivity contribution in [3.05, 3.63) is 54.3 Å². The van der Waals surface area contributed by atoms with Gasteiger partial charge in [-0.05, 0) is 41.6 Å². The fourth-order valence-corrected chi connectivity index (χ4v) is 2.16. The first kappa shape index (κ1) is 14.9. The van der Waals surface area contributed by atoms with E-state index in [-0.39, 0.29) is 6.61 Å². The highest BCUT2D eigenvalue weighted by Crippen LogP contribution is 2.25. The molecule has 18 heavy (non-hydrogen) atoms. The van der Waals surface area contributed by atoms with Crippen LogP contribution < -0.4 is 0 Å². The molecule has 3 heteroatoms. The highest BCUT2D eigenvalue weighted by molar-refractivity contribution is 7.97. The van der Waals surface area contributed by atoms with Crippen LogP contribution in [0.2, 0.25) is 0 Å². The summed E-state index contributed by atoms with van der Waals surface area (Å²) in [6.45, 7) is 8.39. The number of allylic oxidation sites excluding steroid dienone is 2. The third-order valence-electron chi connectivity index (χ3n) is 2.40. The van der Waals surface area contributed by atoms with Gasteiger partial charge in [-0.25, -0.2) is 0 Å². The van der Waals surface area contributed by atoms with Crippen molar-refractivity contribution in [1.82, 2.24) is 4.31 Å². The van der Waals surface area contributed by atoms with Crippen LogP contribution in [0.1, 0.15) is 19.4 Å². The Hall–Kier alpha value is -1.19. The largest absolute Gasteiger partial charge is 0.392 e. The average molecular weight is 263 g/mol. The standard InChI is InChI=1S/C15H21NOS/c1-12(2)8-9-13(3)16(4)18-15-7-5-6-14(10-15)11-17/h5-10,12,17H,3,11H2,1-2,4H3/b9-8-. The summed E-state index contributed by atoms with van der Waals surface area (Å²) in [5.74, 6) is 0.526. The first-order valence-corrected chi connectivity index (χ1v) is 6.79. The van der Waals surface area contributed by atoms with Gasteiger partial charge in [-0.15, -0.1) is 0 Å². The Morgan fingerprint density at radius 3 is 2.83 bits per heavy atom. The van der Waals surface area contributed by atoms with Gasteiger partial charge in [-0.2, -0.15) is 0 Å². The molecular formula is C15H21NOS. The number of aliphatic hydroxyl groups is 1. The van der Waals surface area contributed by atoms with Crippen molar-refractivity contribution >= 4 is 11.9 Å². The first-order valence-electron chi connectivity index (χ1n) is 6.01. The van der Waals surface area contributed by atoms with Crippen LogP contribution in [0.15, 0.2) is 53.6 Å². The van der Waals surface area contributed by atoms with Crippen LogP contribution >= 0.6 is 11.9 Å². The number of benzene rings is 1. The Kier molecular flexibility index (Phi) is 6.02. The molecule has 0 saturated carbocycles. The van der Waals surface area contributed by atoms with Gasteiger partial charge in [0.05, 0.1) is 6.61 Å². The second-order valence-electron chi connectivity index (χ2n) is 4.49. The van der Waals surface area contributed by atoms with Gasteiger partial charge in [0.1, 0.15) is 0 Å². The van der Waals surface area contributed by atoms with Crippen LogP contribution in [0.25, 0.3) is 0 Å². The molecule has 0 aliphatic carbocycles. The van der Waals surface area contributed by atoms with Crippen molar-refractivity contribution in [3.63, 3.8) is 0 Å². The number of nitrogens with zero attached hydrogens (tertiary/aromatic N) is 1. The van der Waals surface area contributed by atoms with E-state index in [0.29, 0.717) is 5.92 Å². The second kappa shape index (κ2) is 7.29. The van der Waals surface area contributed by atoms with E-state index in [1.54, 1.807) is 11.9 Å². The molecule has 1 aromatic carbocycles. The zero-order valence-corrected chi connectivity index (χ0v) is 12.1. The molecule has 0 bridgehead atoms. The molecule has 1 aromatic rings. The molecule has 0 aromatic heterocycles. The van der Waals surface area contributed by atoms with Crippen molar-refractivity contribution < 1.29 is 5.11 Å². The fourth-order valence-electron chi connectivity index (χ4n) is 1.33. The minimum Gasteiger partial charge on any atom is -0.392 e. The lowest BCUT2D eigenvalue weighted by Gasteiger charge is -2.18. The van der Waals surface area contributed by atoms with Crippen LogP contribution in [-0.2, 0) is 6.61 Å². The monoisotopic (exact) mass is 263 g/mol. The zero-order chi connectivity index (χ0) is 13.5. The lowest BCUT2D eigenvalue weighted by Crippen LogP contribution is -2.05. The van der Waals surface area contributed by atoms with Crippen LogP contribution in [0.4, 0.5) is 0 Å². The van der Waals surface area contributed by atoms with Gasteiger partial charge in [0.25, 0.3) is 0 Å². The SMILES string of the molecule is C=C(/C=C\C(C)C)N(C)Sc1cccc(CO)c1. The van der Waals surface area contributed by atoms with Crippen molar-refractivity contribution in [2.24, 2.45) is 5.92 Å². The van der Waals surface area contributed by atoms with Gasteiger partial charge in [0.2, 0.25) is 0 Å². The van der Waals surface area contributed by atoms with Gasteiger partial charge in [-0.1, -0.05) is 38.6 Å². The summed E-state index contributed by atoms with van der Waals surface area (Å²) in [4.78, 5) is 1.10. The topological polar surface area (TPSA) is 23.5 Å². The van der Waals surface area contributed by atoms with Crippen molar-refractivity contribution in [3.8, 4) is 0 Å². The van der Waals surface area contributed by atoms with Gasteiger partial charge < -0.3 is 9.41 Å². The quantitative estimate of drug-likeness (QED) is 0.623. The highest BCUT2D eigenvalue weighted by atomic mass is 32.2. The van der Waals surface area contributed by atoms with Crippen LogP contribution in [0, 0.1) is 5.92 Å². The molecule has 98 valence electrons. The number of rotatable bonds is 6. The molecule has 0 saturated heterocycles. The van der Waals surface area contributed by atoms with E-state index in [2.05, 4.69) is 26.5 Å². The molecule has 0 atom stereocenters.